The first kappa shape index (κ1) is 10.5. The van der Waals surface area contributed by atoms with E-state index in [4.69, 9.17) is 4.74 Å². The molecule has 14 heavy (non-hydrogen) atoms. The summed E-state index contributed by atoms with van der Waals surface area (Å²) in [6.07, 6.45) is 0. The van der Waals surface area contributed by atoms with Crippen molar-refractivity contribution in [2.45, 2.75) is 5.54 Å². The van der Waals surface area contributed by atoms with Crippen molar-refractivity contribution in [2.24, 2.45) is 0 Å². The molecule has 2 rings (SSSR count). The molecule has 0 bridgehead atoms. The Kier molecular flexibility index (Phi) is 2.88. The molecule has 0 radical (unpaired) electrons. The van der Waals surface area contributed by atoms with Gasteiger partial charge >= 0.3 is 0 Å². The second-order valence-corrected chi connectivity index (χ2v) is 5.07. The number of rotatable bonds is 2. The minimum atomic E-state index is -0.0487. The molecule has 0 aliphatic carbocycles. The van der Waals surface area contributed by atoms with Gasteiger partial charge in [-0.1, -0.05) is 40.9 Å². The van der Waals surface area contributed by atoms with E-state index < -0.39 is 0 Å². The average Bonchev–Trinajstić information content (AvgIpc) is 2.00. The van der Waals surface area contributed by atoms with Gasteiger partial charge in [0.15, 0.2) is 0 Å². The zero-order valence-corrected chi connectivity index (χ0v) is 10.4. The minimum Gasteiger partial charge on any atom is -0.377 e. The first-order valence-electron chi connectivity index (χ1n) is 4.42. The largest absolute Gasteiger partial charge is 0.377 e. The molecule has 0 saturated carbocycles. The lowest BCUT2D eigenvalue weighted by atomic mass is 9.88. The fourth-order valence-electron chi connectivity index (χ4n) is 1.61. The third-order valence-corrected chi connectivity index (χ3v) is 3.54. The van der Waals surface area contributed by atoms with Crippen LogP contribution in [-0.2, 0) is 10.3 Å². The van der Waals surface area contributed by atoms with Crippen molar-refractivity contribution in [1.82, 2.24) is 4.31 Å². The fraction of sp³-hybridized carbons (Fsp3) is 0.400. The van der Waals surface area contributed by atoms with Crippen molar-refractivity contribution in [3.63, 3.8) is 0 Å². The van der Waals surface area contributed by atoms with Crippen LogP contribution >= 0.6 is 28.7 Å². The lowest BCUT2D eigenvalue weighted by Gasteiger charge is -2.46. The van der Waals surface area contributed by atoms with Gasteiger partial charge in [0.25, 0.3) is 0 Å². The molecule has 2 nitrogen and oxygen atoms in total. The SMILES string of the molecule is CN(S)C1(c2cccc(Br)c2)COC1. The summed E-state index contributed by atoms with van der Waals surface area (Å²) in [7, 11) is 1.96. The average molecular weight is 274 g/mol. The lowest BCUT2D eigenvalue weighted by molar-refractivity contribution is -0.106. The summed E-state index contributed by atoms with van der Waals surface area (Å²) in [4.78, 5) is 0. The third-order valence-electron chi connectivity index (χ3n) is 2.66. The second kappa shape index (κ2) is 3.85. The smallest absolute Gasteiger partial charge is 0.102 e. The van der Waals surface area contributed by atoms with E-state index in [1.54, 1.807) is 0 Å². The zero-order valence-electron chi connectivity index (χ0n) is 7.90. The molecule has 0 unspecified atom stereocenters. The zero-order chi connectivity index (χ0) is 10.2. The number of nitrogens with zero attached hydrogens (tertiary/aromatic N) is 1. The van der Waals surface area contributed by atoms with Crippen LogP contribution in [0.1, 0.15) is 5.56 Å². The van der Waals surface area contributed by atoms with Crippen LogP contribution in [0.3, 0.4) is 0 Å². The van der Waals surface area contributed by atoms with Crippen molar-refractivity contribution < 1.29 is 4.74 Å². The van der Waals surface area contributed by atoms with Crippen LogP contribution in [0, 0.1) is 0 Å². The molecule has 0 spiro atoms. The molecular formula is C10H12BrNOS. The van der Waals surface area contributed by atoms with Crippen LogP contribution in [0.25, 0.3) is 0 Å². The first-order valence-corrected chi connectivity index (χ1v) is 5.61. The highest BCUT2D eigenvalue weighted by Gasteiger charge is 2.43. The molecule has 0 amide bonds. The molecule has 0 aromatic heterocycles. The highest BCUT2D eigenvalue weighted by Crippen LogP contribution is 2.36. The highest BCUT2D eigenvalue weighted by molar-refractivity contribution is 9.10. The van der Waals surface area contributed by atoms with E-state index in [0.717, 1.165) is 4.47 Å². The van der Waals surface area contributed by atoms with Crippen LogP contribution < -0.4 is 0 Å². The van der Waals surface area contributed by atoms with Crippen LogP contribution in [0.5, 0.6) is 0 Å². The molecule has 1 saturated heterocycles. The number of thiol groups is 1. The van der Waals surface area contributed by atoms with Crippen LogP contribution in [0.4, 0.5) is 0 Å². The summed E-state index contributed by atoms with van der Waals surface area (Å²) >= 11 is 7.87. The van der Waals surface area contributed by atoms with Gasteiger partial charge in [0.05, 0.1) is 13.2 Å². The maximum absolute atomic E-state index is 5.29. The minimum absolute atomic E-state index is 0.0487. The molecule has 0 N–H and O–H groups in total. The second-order valence-electron chi connectivity index (χ2n) is 3.56. The van der Waals surface area contributed by atoms with Crippen molar-refractivity contribution in [3.05, 3.63) is 34.3 Å². The highest BCUT2D eigenvalue weighted by atomic mass is 79.9. The summed E-state index contributed by atoms with van der Waals surface area (Å²) < 4.78 is 8.31. The normalized spacial score (nSPS) is 19.4. The van der Waals surface area contributed by atoms with E-state index in [1.165, 1.54) is 5.56 Å². The predicted octanol–water partition coefficient (Wildman–Crippen LogP) is 2.45. The van der Waals surface area contributed by atoms with E-state index in [0.29, 0.717) is 13.2 Å². The van der Waals surface area contributed by atoms with Crippen LogP contribution in [0.2, 0.25) is 0 Å². The van der Waals surface area contributed by atoms with Crippen LogP contribution in [0.15, 0.2) is 28.7 Å². The number of ether oxygens (including phenoxy) is 1. The molecule has 1 heterocycles. The lowest BCUT2D eigenvalue weighted by Crippen LogP contribution is -2.54. The number of hydrogen-bond acceptors (Lipinski definition) is 3. The Balaban J connectivity index is 2.37. The molecular weight excluding hydrogens is 262 g/mol. The Hall–Kier alpha value is -0.0300. The Morgan fingerprint density at radius 2 is 2.21 bits per heavy atom. The maximum Gasteiger partial charge on any atom is 0.102 e. The molecule has 1 aromatic rings. The number of likely N-dealkylation sites (N-methyl/N-ethyl adjacent to an activating group) is 1. The van der Waals surface area contributed by atoms with E-state index in [2.05, 4.69) is 40.9 Å². The van der Waals surface area contributed by atoms with Gasteiger partial charge in [-0.15, -0.1) is 0 Å². The van der Waals surface area contributed by atoms with E-state index >= 15 is 0 Å². The summed E-state index contributed by atoms with van der Waals surface area (Å²) in [5, 5.41) is 0. The summed E-state index contributed by atoms with van der Waals surface area (Å²) in [6.45, 7) is 1.42. The van der Waals surface area contributed by atoms with Gasteiger partial charge in [-0.25, -0.2) is 4.31 Å². The van der Waals surface area contributed by atoms with Crippen LogP contribution in [-0.4, -0.2) is 24.6 Å². The summed E-state index contributed by atoms with van der Waals surface area (Å²) in [6, 6.07) is 8.29. The van der Waals surface area contributed by atoms with E-state index in [-0.39, 0.29) is 5.54 Å². The van der Waals surface area contributed by atoms with Gasteiger partial charge in [0.2, 0.25) is 0 Å². The molecule has 4 heteroatoms. The van der Waals surface area contributed by atoms with E-state index in [1.807, 2.05) is 23.5 Å². The van der Waals surface area contributed by atoms with Gasteiger partial charge in [0.1, 0.15) is 5.54 Å². The molecule has 0 atom stereocenters. The number of hydrogen-bond donors (Lipinski definition) is 1. The van der Waals surface area contributed by atoms with Crippen molar-refractivity contribution in [1.29, 1.82) is 0 Å². The predicted molar refractivity (Wildman–Crippen MR) is 63.4 cm³/mol. The Bertz CT molecular complexity index is 339. The fourth-order valence-corrected chi connectivity index (χ4v) is 2.24. The Morgan fingerprint density at radius 3 is 2.64 bits per heavy atom. The van der Waals surface area contributed by atoms with Gasteiger partial charge in [-0.3, -0.25) is 0 Å². The Labute approximate surface area is 97.9 Å². The van der Waals surface area contributed by atoms with Gasteiger partial charge in [-0.2, -0.15) is 0 Å². The Morgan fingerprint density at radius 1 is 1.50 bits per heavy atom. The molecule has 1 aromatic carbocycles. The molecule has 1 aliphatic heterocycles. The summed E-state index contributed by atoms with van der Waals surface area (Å²) in [5.41, 5.74) is 1.20. The number of halogens is 1. The van der Waals surface area contributed by atoms with Gasteiger partial charge in [-0.05, 0) is 24.7 Å². The third kappa shape index (κ3) is 1.60. The monoisotopic (exact) mass is 273 g/mol. The van der Waals surface area contributed by atoms with Crippen molar-refractivity contribution in [2.75, 3.05) is 20.3 Å². The molecule has 1 fully saturated rings. The van der Waals surface area contributed by atoms with Gasteiger partial charge in [0, 0.05) is 4.47 Å². The van der Waals surface area contributed by atoms with Gasteiger partial charge < -0.3 is 4.74 Å². The molecule has 1 aliphatic rings. The topological polar surface area (TPSA) is 12.5 Å². The standard InChI is InChI=1S/C10H12BrNOS/c1-12(14)10(6-13-7-10)8-3-2-4-9(11)5-8/h2-5,14H,6-7H2,1H3. The maximum atomic E-state index is 5.29. The number of benzene rings is 1. The molecule has 76 valence electrons. The van der Waals surface area contributed by atoms with E-state index in [9.17, 15) is 0 Å². The van der Waals surface area contributed by atoms with Crippen molar-refractivity contribution >= 4 is 28.7 Å². The quantitative estimate of drug-likeness (QED) is 0.832. The first-order chi connectivity index (χ1) is 6.65. The van der Waals surface area contributed by atoms with Crippen molar-refractivity contribution in [3.8, 4) is 0 Å². The summed E-state index contributed by atoms with van der Waals surface area (Å²) in [5.74, 6) is 0.